The molecule has 4 aromatic rings. The summed E-state index contributed by atoms with van der Waals surface area (Å²) in [6.07, 6.45) is -1.27. The summed E-state index contributed by atoms with van der Waals surface area (Å²) < 4.78 is 16.3. The molecule has 0 saturated carbocycles. The molecule has 6 rings (SSSR count). The topological polar surface area (TPSA) is 213 Å². The van der Waals surface area contributed by atoms with Gasteiger partial charge in [-0.05, 0) is 108 Å². The van der Waals surface area contributed by atoms with Gasteiger partial charge in [0.1, 0.15) is 29.0 Å². The molecule has 0 radical (unpaired) electrons. The summed E-state index contributed by atoms with van der Waals surface area (Å²) in [7, 11) is 2.65. The van der Waals surface area contributed by atoms with E-state index in [1.807, 2.05) is 28.8 Å². The summed E-state index contributed by atoms with van der Waals surface area (Å²) >= 11 is 0. The van der Waals surface area contributed by atoms with E-state index >= 15 is 0 Å². The first-order valence-corrected chi connectivity index (χ1v) is 20.6. The van der Waals surface area contributed by atoms with Crippen molar-refractivity contribution in [1.82, 2.24) is 24.2 Å². The molecule has 2 saturated heterocycles. The third-order valence-electron chi connectivity index (χ3n) is 12.6. The third kappa shape index (κ3) is 7.62. The molecule has 15 nitrogen and oxygen atoms in total. The number of hydrogen-bond donors (Lipinski definition) is 4. The predicted octanol–water partition coefficient (Wildman–Crippen LogP) is 5.83. The lowest BCUT2D eigenvalue weighted by Crippen LogP contribution is -2.59. The lowest BCUT2D eigenvalue weighted by molar-refractivity contribution is -0.148. The van der Waals surface area contributed by atoms with Gasteiger partial charge in [0.2, 0.25) is 23.6 Å². The molecule has 2 fully saturated rings. The summed E-state index contributed by atoms with van der Waals surface area (Å²) in [4.78, 5) is 84.7. The normalized spacial score (nSPS) is 19.7. The van der Waals surface area contributed by atoms with Gasteiger partial charge >= 0.3 is 12.2 Å². The van der Waals surface area contributed by atoms with Crippen LogP contribution in [-0.4, -0.2) is 109 Å². The minimum absolute atomic E-state index is 0.180. The SMILES string of the molecule is CC(C)[C@@H](C(=O)N1CCC[C@@]1(C(N)=O)c1cccc(-c2ccc(-c3cccc([C@]4(C(N)=O)CCCN4C(=O)[C@H](C(C)C)N(C)C(=O)O)c3)n2-c2ccc(F)cc2)c1)N(C)C(=O)O. The highest BCUT2D eigenvalue weighted by atomic mass is 19.1. The van der Waals surface area contributed by atoms with Crippen LogP contribution in [0.2, 0.25) is 0 Å². The van der Waals surface area contributed by atoms with Gasteiger partial charge in [0.25, 0.3) is 0 Å². The van der Waals surface area contributed by atoms with E-state index in [2.05, 4.69) is 0 Å². The van der Waals surface area contributed by atoms with Crippen LogP contribution in [0, 0.1) is 17.7 Å². The van der Waals surface area contributed by atoms with E-state index < -0.39 is 76.6 Å². The highest BCUT2D eigenvalue weighted by Gasteiger charge is 2.54. The highest BCUT2D eigenvalue weighted by molar-refractivity contribution is 5.96. The minimum Gasteiger partial charge on any atom is -0.465 e. The van der Waals surface area contributed by atoms with Crippen LogP contribution < -0.4 is 11.5 Å². The molecule has 1 aromatic heterocycles. The first-order valence-electron chi connectivity index (χ1n) is 20.6. The molecule has 3 aromatic carbocycles. The van der Waals surface area contributed by atoms with Gasteiger partial charge in [-0.3, -0.25) is 29.0 Å². The van der Waals surface area contributed by atoms with Crippen LogP contribution in [0.5, 0.6) is 0 Å². The average Bonchev–Trinajstić information content (AvgIpc) is 3.99. The maximum Gasteiger partial charge on any atom is 0.407 e. The fourth-order valence-electron chi connectivity index (χ4n) is 9.61. The summed E-state index contributed by atoms with van der Waals surface area (Å²) in [5.41, 5.74) is 13.1. The number of hydrogen-bond acceptors (Lipinski definition) is 6. The molecule has 0 aliphatic carbocycles. The Bertz CT molecular complexity index is 2260. The van der Waals surface area contributed by atoms with Crippen molar-refractivity contribution in [3.63, 3.8) is 0 Å². The molecule has 6 N–H and O–H groups in total. The van der Waals surface area contributed by atoms with Gasteiger partial charge in [0, 0.05) is 32.9 Å². The number of rotatable bonds is 13. The number of amides is 6. The lowest BCUT2D eigenvalue weighted by atomic mass is 9.84. The van der Waals surface area contributed by atoms with Gasteiger partial charge in [0.15, 0.2) is 0 Å². The molecular weight excluding hydrogens is 798 g/mol. The Kier molecular flexibility index (Phi) is 12.5. The molecule has 2 aliphatic rings. The van der Waals surface area contributed by atoms with E-state index in [0.29, 0.717) is 52.2 Å². The quantitative estimate of drug-likeness (QED) is 0.128. The lowest BCUT2D eigenvalue weighted by Gasteiger charge is -2.40. The zero-order valence-corrected chi connectivity index (χ0v) is 35.7. The van der Waals surface area contributed by atoms with Gasteiger partial charge in [-0.1, -0.05) is 64.1 Å². The fraction of sp³-hybridized carbons (Fsp3) is 0.391. The second-order valence-corrected chi connectivity index (χ2v) is 16.9. The Morgan fingerprint density at radius 2 is 1.02 bits per heavy atom. The van der Waals surface area contributed by atoms with Crippen LogP contribution in [0.15, 0.2) is 84.9 Å². The number of aromatic nitrogens is 1. The number of likely N-dealkylation sites (tertiary alicyclic amines) is 2. The van der Waals surface area contributed by atoms with Crippen molar-refractivity contribution in [2.75, 3.05) is 27.2 Å². The van der Waals surface area contributed by atoms with Crippen molar-refractivity contribution in [1.29, 1.82) is 0 Å². The Balaban J connectivity index is 1.49. The van der Waals surface area contributed by atoms with Gasteiger partial charge < -0.3 is 36.0 Å². The van der Waals surface area contributed by atoms with Crippen LogP contribution in [0.25, 0.3) is 28.2 Å². The molecule has 2 aliphatic heterocycles. The Morgan fingerprint density at radius 1 is 0.629 bits per heavy atom. The van der Waals surface area contributed by atoms with Crippen molar-refractivity contribution in [2.24, 2.45) is 23.3 Å². The maximum atomic E-state index is 14.4. The molecule has 3 heterocycles. The van der Waals surface area contributed by atoms with E-state index in [1.54, 1.807) is 76.2 Å². The van der Waals surface area contributed by atoms with Crippen molar-refractivity contribution < 1.29 is 43.4 Å². The predicted molar refractivity (Wildman–Crippen MR) is 229 cm³/mol. The van der Waals surface area contributed by atoms with Crippen molar-refractivity contribution in [3.05, 3.63) is 102 Å². The molecule has 0 bridgehead atoms. The number of carbonyl (C=O) groups excluding carboxylic acids is 4. The number of nitrogens with zero attached hydrogens (tertiary/aromatic N) is 5. The molecule has 62 heavy (non-hydrogen) atoms. The molecule has 4 atom stereocenters. The zero-order valence-electron chi connectivity index (χ0n) is 35.7. The Labute approximate surface area is 359 Å². The van der Waals surface area contributed by atoms with Crippen LogP contribution in [0.4, 0.5) is 14.0 Å². The van der Waals surface area contributed by atoms with Crippen LogP contribution in [0.1, 0.15) is 64.5 Å². The van der Waals surface area contributed by atoms with E-state index in [4.69, 9.17) is 11.5 Å². The van der Waals surface area contributed by atoms with Crippen molar-refractivity contribution >= 4 is 35.8 Å². The minimum atomic E-state index is -1.59. The van der Waals surface area contributed by atoms with Crippen LogP contribution in [-0.2, 0) is 30.3 Å². The monoisotopic (exact) mass is 851 g/mol. The second-order valence-electron chi connectivity index (χ2n) is 16.9. The first kappa shape index (κ1) is 44.8. The highest BCUT2D eigenvalue weighted by Crippen LogP contribution is 2.44. The maximum absolute atomic E-state index is 14.4. The molecule has 0 spiro atoms. The second kappa shape index (κ2) is 17.3. The zero-order chi connectivity index (χ0) is 45.4. The molecular formula is C46H54FN7O8. The number of carboxylic acid groups (broad SMARTS) is 2. The number of nitrogens with two attached hydrogens (primary N) is 2. The van der Waals surface area contributed by atoms with Gasteiger partial charge in [-0.2, -0.15) is 0 Å². The first-order chi connectivity index (χ1) is 29.3. The van der Waals surface area contributed by atoms with Gasteiger partial charge in [-0.25, -0.2) is 14.0 Å². The van der Waals surface area contributed by atoms with E-state index in [9.17, 15) is 43.4 Å². The fourth-order valence-corrected chi connectivity index (χ4v) is 9.61. The number of likely N-dealkylation sites (N-methyl/N-ethyl adjacent to an activating group) is 2. The van der Waals surface area contributed by atoms with E-state index in [0.717, 1.165) is 9.80 Å². The number of carbonyl (C=O) groups is 6. The summed E-state index contributed by atoms with van der Waals surface area (Å²) in [6.45, 7) is 7.31. The number of benzene rings is 3. The summed E-state index contributed by atoms with van der Waals surface area (Å²) in [6, 6.07) is 21.5. The molecule has 6 amide bonds. The van der Waals surface area contributed by atoms with E-state index in [1.165, 1.54) is 36.0 Å². The van der Waals surface area contributed by atoms with Gasteiger partial charge in [0.05, 0.1) is 11.4 Å². The van der Waals surface area contributed by atoms with Gasteiger partial charge in [-0.15, -0.1) is 0 Å². The molecule has 0 unspecified atom stereocenters. The van der Waals surface area contributed by atoms with Crippen LogP contribution >= 0.6 is 0 Å². The van der Waals surface area contributed by atoms with Crippen molar-refractivity contribution in [3.8, 4) is 28.2 Å². The average molecular weight is 852 g/mol. The number of primary amides is 2. The van der Waals surface area contributed by atoms with Crippen molar-refractivity contribution in [2.45, 2.75) is 76.5 Å². The molecule has 328 valence electrons. The molecule has 16 heteroatoms. The Morgan fingerprint density at radius 3 is 1.35 bits per heavy atom. The summed E-state index contributed by atoms with van der Waals surface area (Å²) in [5.74, 6) is -3.88. The standard InChI is InChI=1S/C46H54FN7O8/c1-27(2)37(50(5)43(59)60)39(55)52-23-9-21-45(52,41(48)57)31-13-7-11-29(25-31)35-19-20-36(54(35)34-17-15-33(47)16-18-34)30-12-8-14-32(26-30)46(42(49)58)22-10-24-53(46)40(56)38(28(3)4)51(6)44(61)62/h7-8,11-20,25-28,37-38H,9-10,21-24H2,1-6H3,(H2,48,57)(H2,49,58)(H,59,60)(H,61,62)/t37-,38-,45-,46-/m0/s1. The third-order valence-corrected chi connectivity index (χ3v) is 12.6. The smallest absolute Gasteiger partial charge is 0.407 e. The van der Waals surface area contributed by atoms with Crippen LogP contribution in [0.3, 0.4) is 0 Å². The van der Waals surface area contributed by atoms with E-state index in [-0.39, 0.29) is 25.9 Å². The largest absolute Gasteiger partial charge is 0.465 e. The summed E-state index contributed by atoms with van der Waals surface area (Å²) in [5, 5.41) is 19.7. The Hall–Kier alpha value is -6.71. The number of halogens is 1.